The maximum absolute atomic E-state index is 5.60. The number of aryl methyl sites for hydroxylation is 1. The van der Waals surface area contributed by atoms with Crippen LogP contribution in [0, 0.1) is 6.92 Å². The molecule has 0 saturated carbocycles. The van der Waals surface area contributed by atoms with Crippen LogP contribution in [-0.2, 0) is 6.54 Å². The SMILES string of the molecule is COc1cc(C)c(-c2cc(CN)ncn2)cc1OC. The second-order valence-corrected chi connectivity index (χ2v) is 4.12. The van der Waals surface area contributed by atoms with Crippen LogP contribution in [0.4, 0.5) is 0 Å². The summed E-state index contributed by atoms with van der Waals surface area (Å²) >= 11 is 0. The maximum Gasteiger partial charge on any atom is 0.161 e. The second kappa shape index (κ2) is 5.67. The van der Waals surface area contributed by atoms with Gasteiger partial charge in [-0.3, -0.25) is 0 Å². The van der Waals surface area contributed by atoms with Gasteiger partial charge in [-0.2, -0.15) is 0 Å². The van der Waals surface area contributed by atoms with E-state index >= 15 is 0 Å². The molecule has 0 aliphatic carbocycles. The van der Waals surface area contributed by atoms with E-state index in [1.165, 1.54) is 6.33 Å². The summed E-state index contributed by atoms with van der Waals surface area (Å²) in [6, 6.07) is 5.73. The van der Waals surface area contributed by atoms with E-state index in [-0.39, 0.29) is 0 Å². The molecule has 19 heavy (non-hydrogen) atoms. The predicted molar refractivity (Wildman–Crippen MR) is 73.2 cm³/mol. The van der Waals surface area contributed by atoms with Gasteiger partial charge in [0.2, 0.25) is 0 Å². The van der Waals surface area contributed by atoms with Gasteiger partial charge in [-0.25, -0.2) is 9.97 Å². The van der Waals surface area contributed by atoms with E-state index in [4.69, 9.17) is 15.2 Å². The van der Waals surface area contributed by atoms with Gasteiger partial charge in [-0.05, 0) is 30.7 Å². The number of ether oxygens (including phenoxy) is 2. The highest BCUT2D eigenvalue weighted by molar-refractivity contribution is 5.68. The van der Waals surface area contributed by atoms with Gasteiger partial charge < -0.3 is 15.2 Å². The molecule has 0 amide bonds. The molecule has 0 saturated heterocycles. The number of nitrogens with zero attached hydrogens (tertiary/aromatic N) is 2. The zero-order valence-electron chi connectivity index (χ0n) is 11.3. The van der Waals surface area contributed by atoms with E-state index < -0.39 is 0 Å². The summed E-state index contributed by atoms with van der Waals surface area (Å²) in [5.74, 6) is 1.38. The Morgan fingerprint density at radius 2 is 1.74 bits per heavy atom. The molecule has 2 rings (SSSR count). The van der Waals surface area contributed by atoms with Crippen molar-refractivity contribution in [1.29, 1.82) is 0 Å². The highest BCUT2D eigenvalue weighted by atomic mass is 16.5. The maximum atomic E-state index is 5.60. The lowest BCUT2D eigenvalue weighted by atomic mass is 10.0. The first kappa shape index (κ1) is 13.3. The van der Waals surface area contributed by atoms with Crippen LogP contribution in [0.3, 0.4) is 0 Å². The van der Waals surface area contributed by atoms with E-state index in [1.54, 1.807) is 14.2 Å². The van der Waals surface area contributed by atoms with Gasteiger partial charge in [0.1, 0.15) is 6.33 Å². The van der Waals surface area contributed by atoms with Gasteiger partial charge in [-0.15, -0.1) is 0 Å². The molecule has 0 radical (unpaired) electrons. The van der Waals surface area contributed by atoms with Crippen molar-refractivity contribution < 1.29 is 9.47 Å². The second-order valence-electron chi connectivity index (χ2n) is 4.12. The summed E-state index contributed by atoms with van der Waals surface area (Å²) in [4.78, 5) is 8.38. The van der Waals surface area contributed by atoms with Crippen LogP contribution in [0.1, 0.15) is 11.3 Å². The van der Waals surface area contributed by atoms with Gasteiger partial charge in [0.05, 0.1) is 25.6 Å². The largest absolute Gasteiger partial charge is 0.493 e. The van der Waals surface area contributed by atoms with Crippen molar-refractivity contribution in [3.8, 4) is 22.8 Å². The highest BCUT2D eigenvalue weighted by Gasteiger charge is 2.11. The van der Waals surface area contributed by atoms with E-state index in [1.807, 2.05) is 25.1 Å². The average Bonchev–Trinajstić information content (AvgIpc) is 2.46. The minimum atomic E-state index is 0.391. The lowest BCUT2D eigenvalue weighted by molar-refractivity contribution is 0.355. The minimum absolute atomic E-state index is 0.391. The van der Waals surface area contributed by atoms with Crippen LogP contribution in [0.5, 0.6) is 11.5 Å². The van der Waals surface area contributed by atoms with E-state index in [0.29, 0.717) is 18.0 Å². The zero-order valence-corrected chi connectivity index (χ0v) is 11.3. The van der Waals surface area contributed by atoms with Crippen LogP contribution in [0.2, 0.25) is 0 Å². The predicted octanol–water partition coefficient (Wildman–Crippen LogP) is 1.93. The molecule has 0 atom stereocenters. The quantitative estimate of drug-likeness (QED) is 0.908. The molecule has 5 nitrogen and oxygen atoms in total. The smallest absolute Gasteiger partial charge is 0.161 e. The standard InChI is InChI=1S/C14H17N3O2/c1-9-4-13(18-2)14(19-3)6-11(9)12-5-10(7-15)16-8-17-12/h4-6,8H,7,15H2,1-3H3. The van der Waals surface area contributed by atoms with Crippen LogP contribution in [-0.4, -0.2) is 24.2 Å². The highest BCUT2D eigenvalue weighted by Crippen LogP contribution is 2.34. The first-order valence-electron chi connectivity index (χ1n) is 5.93. The first-order chi connectivity index (χ1) is 9.19. The Bertz CT molecular complexity index is 585. The van der Waals surface area contributed by atoms with E-state index in [2.05, 4.69) is 9.97 Å². The van der Waals surface area contributed by atoms with Crippen LogP contribution in [0.25, 0.3) is 11.3 Å². The molecule has 2 aromatic rings. The van der Waals surface area contributed by atoms with Crippen molar-refractivity contribution in [3.63, 3.8) is 0 Å². The monoisotopic (exact) mass is 259 g/mol. The van der Waals surface area contributed by atoms with Gasteiger partial charge in [0.15, 0.2) is 11.5 Å². The van der Waals surface area contributed by atoms with Crippen LogP contribution in [0.15, 0.2) is 24.5 Å². The van der Waals surface area contributed by atoms with Crippen molar-refractivity contribution in [3.05, 3.63) is 35.8 Å². The van der Waals surface area contributed by atoms with Crippen molar-refractivity contribution >= 4 is 0 Å². The van der Waals surface area contributed by atoms with Gasteiger partial charge >= 0.3 is 0 Å². The summed E-state index contributed by atoms with van der Waals surface area (Å²) in [6.07, 6.45) is 1.52. The fourth-order valence-corrected chi connectivity index (χ4v) is 1.91. The zero-order chi connectivity index (χ0) is 13.8. The normalized spacial score (nSPS) is 10.3. The number of hydrogen-bond acceptors (Lipinski definition) is 5. The molecule has 0 spiro atoms. The third-order valence-corrected chi connectivity index (χ3v) is 2.94. The van der Waals surface area contributed by atoms with Crippen LogP contribution < -0.4 is 15.2 Å². The summed E-state index contributed by atoms with van der Waals surface area (Å²) in [7, 11) is 3.23. The molecule has 1 heterocycles. The summed E-state index contributed by atoms with van der Waals surface area (Å²) < 4.78 is 10.6. The molecule has 1 aromatic carbocycles. The fourth-order valence-electron chi connectivity index (χ4n) is 1.91. The van der Waals surface area contributed by atoms with Crippen LogP contribution >= 0.6 is 0 Å². The molecule has 0 unspecified atom stereocenters. The Hall–Kier alpha value is -2.14. The summed E-state index contributed by atoms with van der Waals surface area (Å²) in [5.41, 5.74) is 9.27. The number of rotatable bonds is 4. The minimum Gasteiger partial charge on any atom is -0.493 e. The third kappa shape index (κ3) is 2.66. The molecular weight excluding hydrogens is 242 g/mol. The van der Waals surface area contributed by atoms with Crippen molar-refractivity contribution in [2.75, 3.05) is 14.2 Å². The van der Waals surface area contributed by atoms with Crippen molar-refractivity contribution in [1.82, 2.24) is 9.97 Å². The van der Waals surface area contributed by atoms with E-state index in [0.717, 1.165) is 22.5 Å². The molecule has 0 aliphatic heterocycles. The molecule has 0 aliphatic rings. The first-order valence-corrected chi connectivity index (χ1v) is 5.93. The number of hydrogen-bond donors (Lipinski definition) is 1. The number of nitrogens with two attached hydrogens (primary N) is 1. The molecule has 0 bridgehead atoms. The number of benzene rings is 1. The van der Waals surface area contributed by atoms with E-state index in [9.17, 15) is 0 Å². The lowest BCUT2D eigenvalue weighted by Crippen LogP contribution is -2.01. The Labute approximate surface area is 112 Å². The Morgan fingerprint density at radius 3 is 2.37 bits per heavy atom. The fraction of sp³-hybridized carbons (Fsp3) is 0.286. The molecule has 100 valence electrons. The third-order valence-electron chi connectivity index (χ3n) is 2.94. The van der Waals surface area contributed by atoms with Gasteiger partial charge in [-0.1, -0.05) is 0 Å². The molecule has 0 fully saturated rings. The Kier molecular flexibility index (Phi) is 3.97. The molecule has 2 N–H and O–H groups in total. The Morgan fingerprint density at radius 1 is 1.05 bits per heavy atom. The topological polar surface area (TPSA) is 70.3 Å². The van der Waals surface area contributed by atoms with Crippen molar-refractivity contribution in [2.45, 2.75) is 13.5 Å². The number of aromatic nitrogens is 2. The lowest BCUT2D eigenvalue weighted by Gasteiger charge is -2.12. The summed E-state index contributed by atoms with van der Waals surface area (Å²) in [5, 5.41) is 0. The summed E-state index contributed by atoms with van der Waals surface area (Å²) in [6.45, 7) is 2.39. The number of methoxy groups -OCH3 is 2. The van der Waals surface area contributed by atoms with Gasteiger partial charge in [0.25, 0.3) is 0 Å². The van der Waals surface area contributed by atoms with Crippen molar-refractivity contribution in [2.24, 2.45) is 5.73 Å². The average molecular weight is 259 g/mol. The molecule has 5 heteroatoms. The molecule has 1 aromatic heterocycles. The van der Waals surface area contributed by atoms with Gasteiger partial charge in [0, 0.05) is 12.1 Å². The molecular formula is C14H17N3O2. The Balaban J connectivity index is 2.55.